The number of benzene rings is 1. The van der Waals surface area contributed by atoms with Gasteiger partial charge in [0.2, 0.25) is 5.91 Å². The third-order valence-corrected chi connectivity index (χ3v) is 13.0. The van der Waals surface area contributed by atoms with Crippen LogP contribution < -0.4 is 10.7 Å². The number of pyridine rings is 1. The first-order chi connectivity index (χ1) is 26.4. The molecule has 55 heavy (non-hydrogen) atoms. The molecule has 13 heteroatoms. The average molecular weight is 773 g/mol. The van der Waals surface area contributed by atoms with Crippen LogP contribution >= 0.6 is 11.8 Å². The summed E-state index contributed by atoms with van der Waals surface area (Å²) in [4.78, 5) is 51.3. The van der Waals surface area contributed by atoms with Gasteiger partial charge in [-0.3, -0.25) is 29.4 Å². The molecule has 3 aliphatic heterocycles. The van der Waals surface area contributed by atoms with Crippen LogP contribution in [0.5, 0.6) is 0 Å². The SMILES string of the molecule is COCCCn1c(-c2cccnc2[C@H](C)OC)c2c3cc(ccc31)C1CSC(=N1)C[C@H](NC(=O)[C@H]1[C@H](C)[C@@H]1C)C(=O)N1CCC[C@H](N1)C(=O)OCC(C)(C)C2. The van der Waals surface area contributed by atoms with E-state index >= 15 is 0 Å². The van der Waals surface area contributed by atoms with Crippen molar-refractivity contribution in [3.8, 4) is 11.3 Å². The summed E-state index contributed by atoms with van der Waals surface area (Å²) in [5.41, 5.74) is 9.01. The molecule has 6 bridgehead atoms. The summed E-state index contributed by atoms with van der Waals surface area (Å²) in [5.74, 6) is 0.425. The van der Waals surface area contributed by atoms with E-state index in [4.69, 9.17) is 24.2 Å². The number of methoxy groups -OCH3 is 2. The molecule has 5 heterocycles. The quantitative estimate of drug-likeness (QED) is 0.197. The number of fused-ring (bicyclic) bond motifs is 5. The summed E-state index contributed by atoms with van der Waals surface area (Å²) in [6, 6.07) is 9.16. The van der Waals surface area contributed by atoms with Crippen LogP contribution in [0.1, 0.15) is 89.3 Å². The molecule has 1 unspecified atom stereocenters. The summed E-state index contributed by atoms with van der Waals surface area (Å²) in [6.45, 7) is 12.4. The highest BCUT2D eigenvalue weighted by molar-refractivity contribution is 8.14. The fourth-order valence-corrected chi connectivity index (χ4v) is 9.58. The third-order valence-electron chi connectivity index (χ3n) is 12.0. The van der Waals surface area contributed by atoms with E-state index in [0.717, 1.165) is 62.7 Å². The number of esters is 1. The van der Waals surface area contributed by atoms with E-state index in [2.05, 4.69) is 67.3 Å². The van der Waals surface area contributed by atoms with E-state index in [1.807, 2.05) is 19.2 Å². The maximum Gasteiger partial charge on any atom is 0.324 e. The summed E-state index contributed by atoms with van der Waals surface area (Å²) in [6.07, 6.45) is 4.49. The average Bonchev–Trinajstić information content (AvgIpc) is 3.45. The molecule has 296 valence electrons. The zero-order valence-electron chi connectivity index (χ0n) is 33.2. The monoisotopic (exact) mass is 772 g/mol. The second-order valence-electron chi connectivity index (χ2n) is 16.5. The molecule has 0 radical (unpaired) electrons. The molecule has 0 spiro atoms. The van der Waals surface area contributed by atoms with E-state index in [0.29, 0.717) is 32.4 Å². The molecule has 1 aromatic carbocycles. The van der Waals surface area contributed by atoms with Crippen LogP contribution in [-0.4, -0.2) is 89.2 Å². The number of aryl methyl sites for hydroxylation is 1. The highest BCUT2D eigenvalue weighted by Gasteiger charge is 2.49. The lowest BCUT2D eigenvalue weighted by molar-refractivity contribution is -0.155. The fourth-order valence-electron chi connectivity index (χ4n) is 8.48. The normalized spacial score (nSPS) is 27.3. The van der Waals surface area contributed by atoms with Gasteiger partial charge in [-0.05, 0) is 79.8 Å². The molecular formula is C42H56N6O6S. The predicted octanol–water partition coefficient (Wildman–Crippen LogP) is 6.03. The number of nitrogens with one attached hydrogen (secondary N) is 2. The largest absolute Gasteiger partial charge is 0.464 e. The Bertz CT molecular complexity index is 1950. The Morgan fingerprint density at radius 3 is 2.73 bits per heavy atom. The topological polar surface area (TPSA) is 136 Å². The Hall–Kier alpha value is -3.78. The number of cyclic esters (lactones) is 1. The summed E-state index contributed by atoms with van der Waals surface area (Å²) in [5, 5.41) is 6.56. The van der Waals surface area contributed by atoms with E-state index in [1.165, 1.54) is 5.01 Å². The zero-order chi connectivity index (χ0) is 39.0. The first-order valence-electron chi connectivity index (χ1n) is 19.8. The Labute approximate surface area is 328 Å². The summed E-state index contributed by atoms with van der Waals surface area (Å²) < 4.78 is 19.8. The number of hydrogen-bond donors (Lipinski definition) is 2. The van der Waals surface area contributed by atoms with Gasteiger partial charge in [0.15, 0.2) is 0 Å². The van der Waals surface area contributed by atoms with Crippen molar-refractivity contribution in [3.63, 3.8) is 0 Å². The molecule has 12 nitrogen and oxygen atoms in total. The fraction of sp³-hybridized carbons (Fsp3) is 0.595. The minimum absolute atomic E-state index is 0.101. The van der Waals surface area contributed by atoms with E-state index in [1.54, 1.807) is 26.0 Å². The molecule has 2 amide bonds. The number of thioether (sulfide) groups is 1. The van der Waals surface area contributed by atoms with Crippen molar-refractivity contribution < 1.29 is 28.6 Å². The Balaban J connectivity index is 1.35. The van der Waals surface area contributed by atoms with Crippen molar-refractivity contribution in [1.82, 2.24) is 25.3 Å². The van der Waals surface area contributed by atoms with E-state index < -0.39 is 17.5 Å². The van der Waals surface area contributed by atoms with Gasteiger partial charge in [0.1, 0.15) is 12.1 Å². The predicted molar refractivity (Wildman–Crippen MR) is 214 cm³/mol. The van der Waals surface area contributed by atoms with E-state index in [9.17, 15) is 14.4 Å². The Morgan fingerprint density at radius 1 is 1.18 bits per heavy atom. The lowest BCUT2D eigenvalue weighted by Crippen LogP contribution is -2.60. The van der Waals surface area contributed by atoms with Gasteiger partial charge in [0, 0.05) is 80.1 Å². The summed E-state index contributed by atoms with van der Waals surface area (Å²) >= 11 is 1.64. The minimum atomic E-state index is -0.807. The number of nitrogens with zero attached hydrogens (tertiary/aromatic N) is 4. The number of rotatable bonds is 9. The van der Waals surface area contributed by atoms with Gasteiger partial charge in [0.05, 0.1) is 35.2 Å². The molecule has 2 fully saturated rings. The number of hydrogen-bond acceptors (Lipinski definition) is 10. The lowest BCUT2D eigenvalue weighted by Gasteiger charge is -2.35. The maximum absolute atomic E-state index is 14.2. The van der Waals surface area contributed by atoms with Gasteiger partial charge in [-0.2, -0.15) is 0 Å². The van der Waals surface area contributed by atoms with Crippen LogP contribution in [0.4, 0.5) is 0 Å². The van der Waals surface area contributed by atoms with Gasteiger partial charge in [0.25, 0.3) is 5.91 Å². The second-order valence-corrected chi connectivity index (χ2v) is 17.6. The van der Waals surface area contributed by atoms with Crippen LogP contribution in [0.25, 0.3) is 22.2 Å². The number of hydrazine groups is 1. The number of carbonyl (C=O) groups is 3. The molecule has 4 aliphatic rings. The van der Waals surface area contributed by atoms with Crippen LogP contribution in [-0.2, 0) is 41.6 Å². The second kappa shape index (κ2) is 16.4. The van der Waals surface area contributed by atoms with Gasteiger partial charge in [-0.15, -0.1) is 11.8 Å². The number of carbonyl (C=O) groups excluding carboxylic acids is 3. The molecule has 2 aromatic heterocycles. The van der Waals surface area contributed by atoms with Crippen LogP contribution in [0.2, 0.25) is 0 Å². The first kappa shape index (κ1) is 39.5. The van der Waals surface area contributed by atoms with Gasteiger partial charge in [-0.1, -0.05) is 33.8 Å². The number of ether oxygens (including phenoxy) is 3. The smallest absolute Gasteiger partial charge is 0.324 e. The van der Waals surface area contributed by atoms with Crippen molar-refractivity contribution in [2.24, 2.45) is 28.2 Å². The van der Waals surface area contributed by atoms with Gasteiger partial charge >= 0.3 is 5.97 Å². The zero-order valence-corrected chi connectivity index (χ0v) is 34.0. The van der Waals surface area contributed by atoms with Crippen molar-refractivity contribution in [3.05, 3.63) is 53.3 Å². The lowest BCUT2D eigenvalue weighted by atomic mass is 9.84. The van der Waals surface area contributed by atoms with Crippen LogP contribution in [0.3, 0.4) is 0 Å². The molecule has 7 atom stereocenters. The molecule has 7 rings (SSSR count). The number of amides is 2. The number of aliphatic imine (C=N–C) groups is 1. The molecule has 1 saturated carbocycles. The van der Waals surface area contributed by atoms with Crippen molar-refractivity contribution in [2.45, 2.75) is 97.5 Å². The molecular weight excluding hydrogens is 717 g/mol. The Morgan fingerprint density at radius 2 is 1.98 bits per heavy atom. The van der Waals surface area contributed by atoms with Gasteiger partial charge < -0.3 is 24.1 Å². The molecule has 1 aliphatic carbocycles. The van der Waals surface area contributed by atoms with Crippen LogP contribution in [0, 0.1) is 23.2 Å². The maximum atomic E-state index is 14.2. The van der Waals surface area contributed by atoms with Crippen molar-refractivity contribution in [2.75, 3.05) is 39.7 Å². The van der Waals surface area contributed by atoms with Crippen molar-refractivity contribution in [1.29, 1.82) is 0 Å². The summed E-state index contributed by atoms with van der Waals surface area (Å²) in [7, 11) is 3.43. The molecule has 1 saturated heterocycles. The highest BCUT2D eigenvalue weighted by atomic mass is 32.2. The first-order valence-corrected chi connectivity index (χ1v) is 20.8. The van der Waals surface area contributed by atoms with Gasteiger partial charge in [-0.25, -0.2) is 5.43 Å². The highest BCUT2D eigenvalue weighted by Crippen LogP contribution is 2.46. The molecule has 2 N–H and O–H groups in total. The van der Waals surface area contributed by atoms with Crippen LogP contribution in [0.15, 0.2) is 41.5 Å². The Kier molecular flexibility index (Phi) is 11.7. The third kappa shape index (κ3) is 8.22. The molecule has 3 aromatic rings. The van der Waals surface area contributed by atoms with Crippen molar-refractivity contribution >= 4 is 45.5 Å². The standard InChI is InChI=1S/C42H56N6O6S/c1-24-25(2)36(24)39(49)45-32-20-35-44-33(22-55-35)27-13-14-34-29(19-27)30(21-42(4,5)23-54-41(51)31-12-9-17-48(46-31)40(32)50)38(47(34)16-10-18-52-6)28-11-8-15-43-37(28)26(3)53-7/h8,11,13-15,19,24-26,31-33,36,46H,9-10,12,16-18,20-23H2,1-7H3,(H,45,49)/t24-,25+,26-,31-,32-,33?,36+/m0/s1. The van der Waals surface area contributed by atoms with E-state index in [-0.39, 0.29) is 60.7 Å². The number of aromatic nitrogens is 2. The minimum Gasteiger partial charge on any atom is -0.464 e.